The number of imidazole rings is 1. The van der Waals surface area contributed by atoms with Crippen molar-refractivity contribution >= 4 is 22.8 Å². The molecule has 9 heteroatoms. The van der Waals surface area contributed by atoms with Crippen LogP contribution in [0.4, 0.5) is 5.69 Å². The molecule has 4 aromatic rings. The monoisotopic (exact) mass is 421 g/mol. The van der Waals surface area contributed by atoms with Gasteiger partial charge in [-0.15, -0.1) is 0 Å². The average molecular weight is 421 g/mol. The van der Waals surface area contributed by atoms with Gasteiger partial charge in [0.2, 0.25) is 5.91 Å². The number of carbonyl (C=O) groups is 1. The maximum Gasteiger partial charge on any atom is 0.332 e. The van der Waals surface area contributed by atoms with Crippen LogP contribution < -0.4 is 16.1 Å². The Balaban J connectivity index is 1.51. The van der Waals surface area contributed by atoms with Crippen LogP contribution in [0.3, 0.4) is 0 Å². The molecule has 1 aromatic carbocycles. The van der Waals surface area contributed by atoms with Crippen molar-refractivity contribution in [3.63, 3.8) is 0 Å². The van der Waals surface area contributed by atoms with Crippen LogP contribution in [0.1, 0.15) is 18.6 Å². The summed E-state index contributed by atoms with van der Waals surface area (Å²) in [6.45, 7) is 0.769. The van der Waals surface area contributed by atoms with Gasteiger partial charge in [-0.2, -0.15) is 0 Å². The van der Waals surface area contributed by atoms with Crippen LogP contribution in [-0.4, -0.2) is 24.6 Å². The third kappa shape index (κ3) is 3.94. The summed E-state index contributed by atoms with van der Waals surface area (Å²) in [6.07, 6.45) is 3.91. The molecule has 0 fully saturated rings. The van der Waals surface area contributed by atoms with Crippen LogP contribution in [0, 0.1) is 0 Å². The van der Waals surface area contributed by atoms with Gasteiger partial charge in [0.25, 0.3) is 5.56 Å². The minimum Gasteiger partial charge on any atom is -0.467 e. The summed E-state index contributed by atoms with van der Waals surface area (Å²) in [6, 6.07) is 13.1. The fourth-order valence-electron chi connectivity index (χ4n) is 3.59. The zero-order chi connectivity index (χ0) is 22.0. The number of nitrogens with zero attached hydrogens (tertiary/aromatic N) is 5. The first-order chi connectivity index (χ1) is 15.0. The molecule has 31 heavy (non-hydrogen) atoms. The van der Waals surface area contributed by atoms with E-state index in [2.05, 4.69) is 4.98 Å². The third-order valence-electron chi connectivity index (χ3n) is 5.27. The summed E-state index contributed by atoms with van der Waals surface area (Å²) in [5, 5.41) is 0. The summed E-state index contributed by atoms with van der Waals surface area (Å²) in [4.78, 5) is 43.6. The topological polar surface area (TPSA) is 95.3 Å². The van der Waals surface area contributed by atoms with Gasteiger partial charge in [-0.3, -0.25) is 18.7 Å². The van der Waals surface area contributed by atoms with E-state index < -0.39 is 11.2 Å². The van der Waals surface area contributed by atoms with Crippen LogP contribution in [-0.2, 0) is 32.0 Å². The molecule has 0 aliphatic heterocycles. The Morgan fingerprint density at radius 2 is 1.84 bits per heavy atom. The maximum atomic E-state index is 13.0. The molecule has 0 atom stereocenters. The second-order valence-corrected chi connectivity index (χ2v) is 7.31. The molecule has 0 radical (unpaired) electrons. The number of hydrogen-bond acceptors (Lipinski definition) is 5. The SMILES string of the molecule is Cn1c(=O)c2c(ncn2CCCC(=O)N(Cc2ccco2)c2ccccc2)n(C)c1=O. The number of fused-ring (bicyclic) bond motifs is 1. The van der Waals surface area contributed by atoms with Gasteiger partial charge < -0.3 is 13.9 Å². The first-order valence-corrected chi connectivity index (χ1v) is 9.96. The number of hydrogen-bond donors (Lipinski definition) is 0. The summed E-state index contributed by atoms with van der Waals surface area (Å²) < 4.78 is 9.53. The van der Waals surface area contributed by atoms with Crippen LogP contribution in [0.5, 0.6) is 0 Å². The van der Waals surface area contributed by atoms with Crippen LogP contribution in [0.15, 0.2) is 69.1 Å². The molecule has 3 heterocycles. The fraction of sp³-hybridized carbons (Fsp3) is 0.273. The van der Waals surface area contributed by atoms with Gasteiger partial charge in [0, 0.05) is 32.7 Å². The second-order valence-electron chi connectivity index (χ2n) is 7.31. The fourth-order valence-corrected chi connectivity index (χ4v) is 3.59. The number of benzene rings is 1. The maximum absolute atomic E-state index is 13.0. The van der Waals surface area contributed by atoms with E-state index in [0.717, 1.165) is 10.3 Å². The van der Waals surface area contributed by atoms with E-state index in [9.17, 15) is 14.4 Å². The minimum atomic E-state index is -0.422. The Kier molecular flexibility index (Phi) is 5.57. The van der Waals surface area contributed by atoms with Crippen molar-refractivity contribution in [2.24, 2.45) is 14.1 Å². The van der Waals surface area contributed by atoms with Crippen molar-refractivity contribution in [3.8, 4) is 0 Å². The third-order valence-corrected chi connectivity index (χ3v) is 5.27. The van der Waals surface area contributed by atoms with Crippen molar-refractivity contribution in [3.05, 3.63) is 81.7 Å². The molecule has 3 aromatic heterocycles. The molecule has 160 valence electrons. The zero-order valence-electron chi connectivity index (χ0n) is 17.4. The van der Waals surface area contributed by atoms with E-state index in [4.69, 9.17) is 4.42 Å². The van der Waals surface area contributed by atoms with Crippen LogP contribution in [0.2, 0.25) is 0 Å². The van der Waals surface area contributed by atoms with E-state index in [-0.39, 0.29) is 12.3 Å². The Morgan fingerprint density at radius 3 is 2.55 bits per heavy atom. The van der Waals surface area contributed by atoms with E-state index in [1.807, 2.05) is 36.4 Å². The predicted octanol–water partition coefficient (Wildman–Crippen LogP) is 2.04. The summed E-state index contributed by atoms with van der Waals surface area (Å²) in [5.74, 6) is 0.648. The Labute approximate surface area is 177 Å². The highest BCUT2D eigenvalue weighted by molar-refractivity contribution is 5.93. The van der Waals surface area contributed by atoms with Crippen LogP contribution in [0.25, 0.3) is 11.2 Å². The van der Waals surface area contributed by atoms with Crippen LogP contribution >= 0.6 is 0 Å². The van der Waals surface area contributed by atoms with Gasteiger partial charge in [0.1, 0.15) is 5.76 Å². The highest BCUT2D eigenvalue weighted by Gasteiger charge is 2.18. The molecule has 0 aliphatic rings. The number of para-hydroxylation sites is 1. The number of furan rings is 1. The van der Waals surface area contributed by atoms with E-state index in [1.165, 1.54) is 17.9 Å². The van der Waals surface area contributed by atoms with E-state index in [1.54, 1.807) is 28.8 Å². The minimum absolute atomic E-state index is 0.0488. The highest BCUT2D eigenvalue weighted by Crippen LogP contribution is 2.19. The molecule has 0 unspecified atom stereocenters. The lowest BCUT2D eigenvalue weighted by molar-refractivity contribution is -0.118. The van der Waals surface area contributed by atoms with Gasteiger partial charge in [-0.25, -0.2) is 9.78 Å². The Morgan fingerprint density at radius 1 is 1.06 bits per heavy atom. The number of carbonyl (C=O) groups excluding carboxylic acids is 1. The van der Waals surface area contributed by atoms with Gasteiger partial charge in [-0.05, 0) is 30.7 Å². The molecule has 0 bridgehead atoms. The van der Waals surface area contributed by atoms with Crippen molar-refractivity contribution in [2.75, 3.05) is 4.90 Å². The molecule has 0 saturated heterocycles. The number of amides is 1. The predicted molar refractivity (Wildman–Crippen MR) is 116 cm³/mol. The van der Waals surface area contributed by atoms with Crippen molar-refractivity contribution in [1.82, 2.24) is 18.7 Å². The summed E-state index contributed by atoms with van der Waals surface area (Å²) >= 11 is 0. The quantitative estimate of drug-likeness (QED) is 0.455. The molecular weight excluding hydrogens is 398 g/mol. The molecule has 0 spiro atoms. The molecule has 1 amide bonds. The highest BCUT2D eigenvalue weighted by atomic mass is 16.3. The molecule has 4 rings (SSSR count). The Bertz CT molecular complexity index is 1320. The molecule has 9 nitrogen and oxygen atoms in total. The first kappa shape index (κ1) is 20.4. The lowest BCUT2D eigenvalue weighted by Gasteiger charge is -2.22. The normalized spacial score (nSPS) is 11.2. The number of aromatic nitrogens is 4. The van der Waals surface area contributed by atoms with Crippen molar-refractivity contribution in [2.45, 2.75) is 25.9 Å². The van der Waals surface area contributed by atoms with Crippen molar-refractivity contribution < 1.29 is 9.21 Å². The second kappa shape index (κ2) is 8.47. The smallest absolute Gasteiger partial charge is 0.332 e. The van der Waals surface area contributed by atoms with E-state index in [0.29, 0.717) is 36.4 Å². The average Bonchev–Trinajstić information content (AvgIpc) is 3.45. The number of rotatable bonds is 7. The summed E-state index contributed by atoms with van der Waals surface area (Å²) in [5.41, 5.74) is 0.663. The van der Waals surface area contributed by atoms with Gasteiger partial charge in [-0.1, -0.05) is 18.2 Å². The van der Waals surface area contributed by atoms with Crippen molar-refractivity contribution in [1.29, 1.82) is 0 Å². The lowest BCUT2D eigenvalue weighted by atomic mass is 10.2. The molecule has 0 saturated carbocycles. The largest absolute Gasteiger partial charge is 0.467 e. The van der Waals surface area contributed by atoms with Gasteiger partial charge in [0.15, 0.2) is 11.2 Å². The Hall–Kier alpha value is -3.88. The standard InChI is InChI=1S/C22H23N5O4/c1-24-20-19(21(29)25(2)22(24)30)26(15-23-20)12-6-11-18(28)27(14-17-10-7-13-31-17)16-8-4-3-5-9-16/h3-5,7-10,13,15H,6,11-12,14H2,1-2H3. The molecule has 0 aliphatic carbocycles. The van der Waals surface area contributed by atoms with E-state index >= 15 is 0 Å². The molecule has 0 N–H and O–H groups in total. The first-order valence-electron chi connectivity index (χ1n) is 9.96. The lowest BCUT2D eigenvalue weighted by Crippen LogP contribution is -2.37. The van der Waals surface area contributed by atoms with Gasteiger partial charge >= 0.3 is 5.69 Å². The molecular formula is C22H23N5O4. The number of aryl methyl sites for hydroxylation is 2. The zero-order valence-corrected chi connectivity index (χ0v) is 17.4. The number of anilines is 1. The summed E-state index contributed by atoms with van der Waals surface area (Å²) in [7, 11) is 3.02. The van der Waals surface area contributed by atoms with Gasteiger partial charge in [0.05, 0.1) is 19.1 Å².